The number of rotatable bonds is 7. The summed E-state index contributed by atoms with van der Waals surface area (Å²) < 4.78 is 5.04. The first-order chi connectivity index (χ1) is 6.83. The largest absolute Gasteiger partial charge is 0.385 e. The third kappa shape index (κ3) is 4.11. The van der Waals surface area contributed by atoms with E-state index in [9.17, 15) is 0 Å². The second kappa shape index (κ2) is 7.13. The fraction of sp³-hybridized carbons (Fsp3) is 1.00. The summed E-state index contributed by atoms with van der Waals surface area (Å²) in [5, 5.41) is 1.19. The Kier molecular flexibility index (Phi) is 6.55. The zero-order valence-electron chi connectivity index (χ0n) is 9.06. The monoisotopic (exact) mass is 280 g/mol. The number of halogens is 1. The Morgan fingerprint density at radius 3 is 2.64 bits per heavy atom. The molecule has 0 aromatic carbocycles. The minimum absolute atomic E-state index is 0.623. The van der Waals surface area contributed by atoms with Crippen molar-refractivity contribution in [1.82, 2.24) is 0 Å². The highest BCUT2D eigenvalue weighted by Crippen LogP contribution is 2.42. The zero-order chi connectivity index (χ0) is 10.3. The number of alkyl halides is 1. The molecule has 0 heterocycles. The van der Waals surface area contributed by atoms with Gasteiger partial charge in [0.2, 0.25) is 0 Å². The van der Waals surface area contributed by atoms with Gasteiger partial charge in [0.15, 0.2) is 0 Å². The van der Waals surface area contributed by atoms with Crippen LogP contribution in [0.4, 0.5) is 0 Å². The van der Waals surface area contributed by atoms with E-state index < -0.39 is 0 Å². The van der Waals surface area contributed by atoms with E-state index in [0.29, 0.717) is 5.41 Å². The molecular weight excluding hydrogens is 260 g/mol. The molecule has 0 aromatic heterocycles. The molecule has 0 amide bonds. The van der Waals surface area contributed by atoms with E-state index in [1.165, 1.54) is 48.9 Å². The zero-order valence-corrected chi connectivity index (χ0v) is 11.5. The van der Waals surface area contributed by atoms with Crippen LogP contribution < -0.4 is 0 Å². The Morgan fingerprint density at radius 2 is 2.07 bits per heavy atom. The summed E-state index contributed by atoms with van der Waals surface area (Å²) in [7, 11) is 1.78. The molecule has 0 unspecified atom stereocenters. The minimum Gasteiger partial charge on any atom is -0.385 e. The molecule has 14 heavy (non-hydrogen) atoms. The summed E-state index contributed by atoms with van der Waals surface area (Å²) in [5.74, 6) is 2.59. The molecule has 3 heteroatoms. The lowest BCUT2D eigenvalue weighted by atomic mass is 9.92. The predicted octanol–water partition coefficient (Wildman–Crippen LogP) is 3.71. The normalized spacial score (nSPS) is 20.1. The van der Waals surface area contributed by atoms with E-state index in [-0.39, 0.29) is 0 Å². The third-order valence-corrected chi connectivity index (χ3v) is 5.58. The molecule has 1 nitrogen and oxygen atoms in total. The van der Waals surface area contributed by atoms with Crippen molar-refractivity contribution in [2.75, 3.05) is 30.6 Å². The van der Waals surface area contributed by atoms with E-state index in [1.807, 2.05) is 0 Å². The summed E-state index contributed by atoms with van der Waals surface area (Å²) in [6, 6.07) is 0. The maximum Gasteiger partial charge on any atom is 0.0470 e. The Morgan fingerprint density at radius 1 is 1.36 bits per heavy atom. The van der Waals surface area contributed by atoms with Gasteiger partial charge in [0.05, 0.1) is 0 Å². The van der Waals surface area contributed by atoms with Gasteiger partial charge in [-0.1, -0.05) is 28.8 Å². The maximum absolute atomic E-state index is 5.04. The van der Waals surface area contributed by atoms with Gasteiger partial charge in [-0.15, -0.1) is 0 Å². The van der Waals surface area contributed by atoms with Crippen LogP contribution in [-0.4, -0.2) is 30.6 Å². The Labute approximate surface area is 100 Å². The lowest BCUT2D eigenvalue weighted by Gasteiger charge is -2.25. The molecule has 1 aliphatic rings. The fourth-order valence-corrected chi connectivity index (χ4v) is 4.35. The molecule has 0 aliphatic heterocycles. The summed E-state index contributed by atoms with van der Waals surface area (Å²) in [5.41, 5.74) is 0.623. The lowest BCUT2D eigenvalue weighted by molar-refractivity contribution is 0.200. The highest BCUT2D eigenvalue weighted by Gasteiger charge is 2.32. The van der Waals surface area contributed by atoms with Gasteiger partial charge >= 0.3 is 0 Å². The van der Waals surface area contributed by atoms with E-state index in [0.717, 1.165) is 6.61 Å². The highest BCUT2D eigenvalue weighted by atomic mass is 79.9. The molecule has 0 saturated heterocycles. The van der Waals surface area contributed by atoms with Crippen LogP contribution in [0.25, 0.3) is 0 Å². The van der Waals surface area contributed by atoms with Gasteiger partial charge in [0.1, 0.15) is 0 Å². The third-order valence-electron chi connectivity index (χ3n) is 2.99. The van der Waals surface area contributed by atoms with Crippen LogP contribution in [0.5, 0.6) is 0 Å². The van der Waals surface area contributed by atoms with Crippen LogP contribution in [-0.2, 0) is 4.74 Å². The van der Waals surface area contributed by atoms with Gasteiger partial charge in [-0.25, -0.2) is 0 Å². The quantitative estimate of drug-likeness (QED) is 0.519. The van der Waals surface area contributed by atoms with Crippen LogP contribution in [0.3, 0.4) is 0 Å². The SMILES string of the molecule is COCCCSCC1(CBr)CCCC1. The smallest absolute Gasteiger partial charge is 0.0470 e. The van der Waals surface area contributed by atoms with Crippen molar-refractivity contribution in [3.05, 3.63) is 0 Å². The fourth-order valence-electron chi connectivity index (χ4n) is 2.04. The van der Waals surface area contributed by atoms with Crippen molar-refractivity contribution in [1.29, 1.82) is 0 Å². The summed E-state index contributed by atoms with van der Waals surface area (Å²) in [6.07, 6.45) is 6.92. The Bertz CT molecular complexity index is 146. The van der Waals surface area contributed by atoms with Crippen LogP contribution in [0.15, 0.2) is 0 Å². The lowest BCUT2D eigenvalue weighted by Crippen LogP contribution is -2.21. The Balaban J connectivity index is 2.08. The average Bonchev–Trinajstić information content (AvgIpc) is 2.67. The minimum atomic E-state index is 0.623. The Hall–Kier alpha value is 0.790. The summed E-state index contributed by atoms with van der Waals surface area (Å²) in [6.45, 7) is 0.911. The number of hydrogen-bond acceptors (Lipinski definition) is 2. The van der Waals surface area contributed by atoms with Crippen molar-refractivity contribution in [2.45, 2.75) is 32.1 Å². The molecule has 1 saturated carbocycles. The van der Waals surface area contributed by atoms with Crippen molar-refractivity contribution in [3.63, 3.8) is 0 Å². The molecule has 1 rings (SSSR count). The van der Waals surface area contributed by atoms with Gasteiger partial charge in [-0.3, -0.25) is 0 Å². The van der Waals surface area contributed by atoms with Gasteiger partial charge in [-0.05, 0) is 36.2 Å². The van der Waals surface area contributed by atoms with Gasteiger partial charge < -0.3 is 4.74 Å². The van der Waals surface area contributed by atoms with Crippen LogP contribution in [0, 0.1) is 5.41 Å². The second-order valence-electron chi connectivity index (χ2n) is 4.24. The first-order valence-electron chi connectivity index (χ1n) is 5.46. The molecule has 1 fully saturated rings. The molecular formula is C11H21BrOS. The molecule has 84 valence electrons. The van der Waals surface area contributed by atoms with Crippen LogP contribution in [0.1, 0.15) is 32.1 Å². The molecule has 1 aliphatic carbocycles. The number of hydrogen-bond donors (Lipinski definition) is 0. The summed E-state index contributed by atoms with van der Waals surface area (Å²) >= 11 is 5.78. The summed E-state index contributed by atoms with van der Waals surface area (Å²) in [4.78, 5) is 0. The molecule has 0 aromatic rings. The van der Waals surface area contributed by atoms with Gasteiger partial charge in [-0.2, -0.15) is 11.8 Å². The van der Waals surface area contributed by atoms with E-state index in [4.69, 9.17) is 4.74 Å². The molecule has 0 spiro atoms. The molecule has 0 bridgehead atoms. The molecule has 0 atom stereocenters. The predicted molar refractivity (Wildman–Crippen MR) is 68.5 cm³/mol. The first kappa shape index (κ1) is 12.9. The van der Waals surface area contributed by atoms with Crippen LogP contribution >= 0.6 is 27.7 Å². The molecule has 0 N–H and O–H groups in total. The van der Waals surface area contributed by atoms with Gasteiger partial charge in [0, 0.05) is 19.0 Å². The van der Waals surface area contributed by atoms with E-state index in [1.54, 1.807) is 7.11 Å². The number of methoxy groups -OCH3 is 1. The average molecular weight is 281 g/mol. The topological polar surface area (TPSA) is 9.23 Å². The number of thioether (sulfide) groups is 1. The first-order valence-corrected chi connectivity index (χ1v) is 7.73. The second-order valence-corrected chi connectivity index (χ2v) is 5.91. The van der Waals surface area contributed by atoms with E-state index >= 15 is 0 Å². The van der Waals surface area contributed by atoms with Crippen molar-refractivity contribution in [3.8, 4) is 0 Å². The van der Waals surface area contributed by atoms with Crippen molar-refractivity contribution < 1.29 is 4.74 Å². The van der Waals surface area contributed by atoms with Crippen molar-refractivity contribution >= 4 is 27.7 Å². The standard InChI is InChI=1S/C11H21BrOS/c1-13-7-4-8-14-10-11(9-12)5-2-3-6-11/h2-10H2,1H3. The van der Waals surface area contributed by atoms with Gasteiger partial charge in [0.25, 0.3) is 0 Å². The highest BCUT2D eigenvalue weighted by molar-refractivity contribution is 9.09. The van der Waals surface area contributed by atoms with Crippen LogP contribution in [0.2, 0.25) is 0 Å². The number of ether oxygens (including phenoxy) is 1. The van der Waals surface area contributed by atoms with E-state index in [2.05, 4.69) is 27.7 Å². The maximum atomic E-state index is 5.04. The molecule has 0 radical (unpaired) electrons. The van der Waals surface area contributed by atoms with Crippen molar-refractivity contribution in [2.24, 2.45) is 5.41 Å².